The number of aryl methyl sites for hydroxylation is 2. The normalized spacial score (nSPS) is 12.3. The number of carbonyl (C=O) groups is 2. The van der Waals surface area contributed by atoms with Gasteiger partial charge in [0.1, 0.15) is 12.4 Å². The number of esters is 1. The number of hydrogen-bond acceptors (Lipinski definition) is 5. The Bertz CT molecular complexity index is 1570. The number of fused-ring (bicyclic) bond motifs is 2. The van der Waals surface area contributed by atoms with Crippen LogP contribution in [0.1, 0.15) is 42.0 Å². The van der Waals surface area contributed by atoms with E-state index < -0.39 is 0 Å². The van der Waals surface area contributed by atoms with E-state index in [4.69, 9.17) is 15.9 Å². The van der Waals surface area contributed by atoms with E-state index >= 15 is 0 Å². The Balaban J connectivity index is 0.00000405. The Morgan fingerprint density at radius 2 is 1.76 bits per heavy atom. The van der Waals surface area contributed by atoms with Gasteiger partial charge in [-0.1, -0.05) is 66.7 Å². The molecule has 5 rings (SSSR count). The van der Waals surface area contributed by atoms with E-state index in [2.05, 4.69) is 35.2 Å². The van der Waals surface area contributed by atoms with Crippen molar-refractivity contribution in [3.63, 3.8) is 0 Å². The average Bonchev–Trinajstić information content (AvgIpc) is 2.99. The quantitative estimate of drug-likeness (QED) is 0.135. The maximum atomic E-state index is 13.3. The van der Waals surface area contributed by atoms with Crippen molar-refractivity contribution in [1.82, 2.24) is 0 Å². The average molecular weight is 585 g/mol. The number of halogens is 1. The summed E-state index contributed by atoms with van der Waals surface area (Å²) in [5, 5.41) is 9.88. The fraction of sp³-hybridized carbons (Fsp3) is 0.265. The van der Waals surface area contributed by atoms with Gasteiger partial charge in [-0.05, 0) is 71.8 Å². The molecule has 8 heteroatoms. The zero-order chi connectivity index (χ0) is 28.8. The van der Waals surface area contributed by atoms with Gasteiger partial charge in [0.05, 0.1) is 6.61 Å². The minimum Gasteiger partial charge on any atom is -0.465 e. The topological polar surface area (TPSA) is 99.7 Å². The molecule has 218 valence electrons. The van der Waals surface area contributed by atoms with Crippen LogP contribution in [0.2, 0.25) is 0 Å². The summed E-state index contributed by atoms with van der Waals surface area (Å²) in [6, 6.07) is 28.2. The van der Waals surface area contributed by atoms with Gasteiger partial charge >= 0.3 is 5.97 Å². The number of nitrogens with one attached hydrogen (secondary N) is 1. The van der Waals surface area contributed by atoms with Crippen molar-refractivity contribution in [2.75, 3.05) is 29.5 Å². The molecule has 0 aromatic heterocycles. The number of carbonyl (C=O) groups excluding carboxylic acids is 2. The summed E-state index contributed by atoms with van der Waals surface area (Å²) in [6.07, 6.45) is 2.79. The van der Waals surface area contributed by atoms with Crippen LogP contribution < -0.4 is 15.5 Å². The molecule has 0 unspecified atom stereocenters. The molecule has 42 heavy (non-hydrogen) atoms. The molecule has 0 fully saturated rings. The summed E-state index contributed by atoms with van der Waals surface area (Å²) in [7, 11) is 0. The van der Waals surface area contributed by atoms with Crippen molar-refractivity contribution < 1.29 is 14.3 Å². The van der Waals surface area contributed by atoms with E-state index in [-0.39, 0.29) is 36.7 Å². The molecule has 1 aliphatic rings. The zero-order valence-corrected chi connectivity index (χ0v) is 24.7. The minimum absolute atomic E-state index is 0. The smallest absolute Gasteiger partial charge is 0.325 e. The number of nitrogens with two attached hydrogens (primary N) is 1. The lowest BCUT2D eigenvalue weighted by Crippen LogP contribution is -2.36. The molecule has 1 aliphatic heterocycles. The zero-order valence-electron chi connectivity index (χ0n) is 23.8. The van der Waals surface area contributed by atoms with Crippen LogP contribution in [0.5, 0.6) is 0 Å². The van der Waals surface area contributed by atoms with Gasteiger partial charge in [0.2, 0.25) is 5.91 Å². The number of nitrogen functional groups attached to an aromatic ring is 1. The largest absolute Gasteiger partial charge is 0.465 e. The number of benzene rings is 4. The fourth-order valence-corrected chi connectivity index (χ4v) is 5.51. The molecule has 7 nitrogen and oxygen atoms in total. The second-order valence-corrected chi connectivity index (χ2v) is 10.4. The lowest BCUT2D eigenvalue weighted by molar-refractivity contribution is -0.141. The standard InChI is InChI=1S/C34H36N4O3.ClH/c1-2-41-33(40)23-37(22-28-9-5-8-25-7-3-4-11-30(25)28)29-17-18-31-27(21-29)10-6-20-38(31)32(39)19-14-24-12-15-26(16-13-24)34(35)36;/h3-5,7-9,11-13,15-18,21H,2,6,10,14,19-20,22-23H2,1H3,(H3,35,36);1H. The third-order valence-corrected chi connectivity index (χ3v) is 7.61. The number of amides is 1. The lowest BCUT2D eigenvalue weighted by atomic mass is 9.99. The Morgan fingerprint density at radius 1 is 1.00 bits per heavy atom. The molecule has 0 aliphatic carbocycles. The molecule has 0 saturated heterocycles. The molecule has 0 radical (unpaired) electrons. The van der Waals surface area contributed by atoms with Gasteiger partial charge < -0.3 is 20.3 Å². The Hall–Kier alpha value is -4.36. The first-order valence-electron chi connectivity index (χ1n) is 14.2. The van der Waals surface area contributed by atoms with Crippen LogP contribution in [-0.2, 0) is 33.7 Å². The number of ether oxygens (including phenoxy) is 1. The van der Waals surface area contributed by atoms with Crippen LogP contribution in [0, 0.1) is 5.41 Å². The molecule has 0 spiro atoms. The van der Waals surface area contributed by atoms with Crippen molar-refractivity contribution in [2.24, 2.45) is 5.73 Å². The molecule has 3 N–H and O–H groups in total. The van der Waals surface area contributed by atoms with E-state index in [1.807, 2.05) is 66.4 Å². The Kier molecular flexibility index (Phi) is 10.2. The number of anilines is 2. The number of hydrogen-bond donors (Lipinski definition) is 2. The van der Waals surface area contributed by atoms with E-state index in [1.54, 1.807) is 0 Å². The van der Waals surface area contributed by atoms with Crippen LogP contribution in [0.15, 0.2) is 84.9 Å². The molecular formula is C34H37ClN4O3. The number of nitrogens with zero attached hydrogens (tertiary/aromatic N) is 2. The van der Waals surface area contributed by atoms with Gasteiger partial charge in [-0.25, -0.2) is 0 Å². The molecule has 0 atom stereocenters. The van der Waals surface area contributed by atoms with Gasteiger partial charge in [0, 0.05) is 36.4 Å². The molecule has 1 heterocycles. The van der Waals surface area contributed by atoms with E-state index in [0.717, 1.165) is 51.7 Å². The summed E-state index contributed by atoms with van der Waals surface area (Å²) in [4.78, 5) is 29.9. The summed E-state index contributed by atoms with van der Waals surface area (Å²) in [5.74, 6) is -0.137. The first kappa shape index (κ1) is 30.6. The third kappa shape index (κ3) is 7.09. The maximum absolute atomic E-state index is 13.3. The third-order valence-electron chi connectivity index (χ3n) is 7.61. The van der Waals surface area contributed by atoms with Gasteiger partial charge in [0.15, 0.2) is 0 Å². The molecule has 4 aromatic carbocycles. The Morgan fingerprint density at radius 3 is 2.52 bits per heavy atom. The van der Waals surface area contributed by atoms with Gasteiger partial charge in [-0.3, -0.25) is 15.0 Å². The first-order chi connectivity index (χ1) is 19.9. The highest BCUT2D eigenvalue weighted by Gasteiger charge is 2.24. The molecule has 0 saturated carbocycles. The molecule has 4 aromatic rings. The van der Waals surface area contributed by atoms with Gasteiger partial charge in [0.25, 0.3) is 0 Å². The van der Waals surface area contributed by atoms with Crippen LogP contribution in [0.3, 0.4) is 0 Å². The SMILES string of the molecule is CCOC(=O)CN(Cc1cccc2ccccc12)c1ccc2c(c1)CCCN2C(=O)CCc1ccc(C(=N)N)cc1.Cl. The van der Waals surface area contributed by atoms with Crippen molar-refractivity contribution in [2.45, 2.75) is 39.2 Å². The highest BCUT2D eigenvalue weighted by atomic mass is 35.5. The van der Waals surface area contributed by atoms with Gasteiger partial charge in [-0.15, -0.1) is 12.4 Å². The monoisotopic (exact) mass is 584 g/mol. The molecule has 1 amide bonds. The second-order valence-electron chi connectivity index (χ2n) is 10.4. The van der Waals surface area contributed by atoms with Crippen LogP contribution in [0.4, 0.5) is 11.4 Å². The predicted octanol–water partition coefficient (Wildman–Crippen LogP) is 6.03. The highest BCUT2D eigenvalue weighted by Crippen LogP contribution is 2.33. The maximum Gasteiger partial charge on any atom is 0.325 e. The number of amidine groups is 1. The van der Waals surface area contributed by atoms with Crippen molar-refractivity contribution >= 4 is 52.3 Å². The summed E-state index contributed by atoms with van der Waals surface area (Å²) in [6.45, 7) is 3.55. The predicted molar refractivity (Wildman–Crippen MR) is 172 cm³/mol. The lowest BCUT2D eigenvalue weighted by Gasteiger charge is -2.32. The summed E-state index contributed by atoms with van der Waals surface area (Å²) < 4.78 is 5.31. The van der Waals surface area contributed by atoms with Crippen LogP contribution in [0.25, 0.3) is 10.8 Å². The number of rotatable bonds is 10. The van der Waals surface area contributed by atoms with Crippen molar-refractivity contribution in [1.29, 1.82) is 5.41 Å². The molecule has 0 bridgehead atoms. The van der Waals surface area contributed by atoms with Crippen LogP contribution >= 0.6 is 12.4 Å². The Labute approximate surface area is 253 Å². The minimum atomic E-state index is -0.265. The highest BCUT2D eigenvalue weighted by molar-refractivity contribution is 5.96. The van der Waals surface area contributed by atoms with Crippen LogP contribution in [-0.4, -0.2) is 37.4 Å². The van der Waals surface area contributed by atoms with Crippen molar-refractivity contribution in [3.05, 3.63) is 107 Å². The molecular weight excluding hydrogens is 548 g/mol. The first-order valence-corrected chi connectivity index (χ1v) is 14.2. The van der Waals surface area contributed by atoms with E-state index in [0.29, 0.717) is 38.1 Å². The fourth-order valence-electron chi connectivity index (χ4n) is 5.51. The second kappa shape index (κ2) is 14.0. The van der Waals surface area contributed by atoms with Crippen molar-refractivity contribution in [3.8, 4) is 0 Å². The summed E-state index contributed by atoms with van der Waals surface area (Å²) in [5.41, 5.74) is 11.4. The van der Waals surface area contributed by atoms with Gasteiger partial charge in [-0.2, -0.15) is 0 Å². The van der Waals surface area contributed by atoms with E-state index in [1.165, 1.54) is 0 Å². The van der Waals surface area contributed by atoms with E-state index in [9.17, 15) is 9.59 Å². The summed E-state index contributed by atoms with van der Waals surface area (Å²) >= 11 is 0.